The largest absolute Gasteiger partial charge is 0.398 e. The number of nitrogens with two attached hydrogens (primary N) is 1. The van der Waals surface area contributed by atoms with Crippen molar-refractivity contribution in [3.8, 4) is 0 Å². The summed E-state index contributed by atoms with van der Waals surface area (Å²) in [6.45, 7) is 4.18. The van der Waals surface area contributed by atoms with Crippen molar-refractivity contribution < 1.29 is 13.0 Å². The average molecular weight is 361 g/mol. The Kier molecular flexibility index (Phi) is 6.27. The van der Waals surface area contributed by atoms with Crippen LogP contribution in [0.5, 0.6) is 0 Å². The van der Waals surface area contributed by atoms with Gasteiger partial charge in [-0.05, 0) is 66.8 Å². The molecule has 3 N–H and O–H groups in total. The topological polar surface area (TPSA) is 105 Å². The van der Waals surface area contributed by atoms with Gasteiger partial charge >= 0.3 is 0 Å². The smallest absolute Gasteiger partial charge is 0.294 e. The molecule has 2 aromatic rings. The molecule has 0 saturated carbocycles. The van der Waals surface area contributed by atoms with Crippen molar-refractivity contribution in [1.29, 1.82) is 0 Å². The van der Waals surface area contributed by atoms with Gasteiger partial charge in [0.15, 0.2) is 0 Å². The van der Waals surface area contributed by atoms with E-state index >= 15 is 0 Å². The molecular formula is C18H23N3O3S. The Balaban J connectivity index is 2.28. The van der Waals surface area contributed by atoms with Crippen molar-refractivity contribution in [2.24, 2.45) is 10.2 Å². The van der Waals surface area contributed by atoms with Crippen LogP contribution in [0.15, 0.2) is 51.5 Å². The molecule has 0 spiro atoms. The summed E-state index contributed by atoms with van der Waals surface area (Å²) >= 11 is 0. The lowest BCUT2D eigenvalue weighted by Crippen LogP contribution is -1.99. The second kappa shape index (κ2) is 8.22. The molecule has 0 amide bonds. The average Bonchev–Trinajstić information content (AvgIpc) is 2.59. The molecule has 0 aromatic heterocycles. The van der Waals surface area contributed by atoms with Gasteiger partial charge in [0.25, 0.3) is 10.1 Å². The van der Waals surface area contributed by atoms with Crippen LogP contribution >= 0.6 is 0 Å². The third kappa shape index (κ3) is 5.11. The minimum absolute atomic E-state index is 0.172. The van der Waals surface area contributed by atoms with E-state index in [1.54, 1.807) is 0 Å². The van der Waals surface area contributed by atoms with Gasteiger partial charge in [-0.15, -0.1) is 0 Å². The van der Waals surface area contributed by atoms with Crippen molar-refractivity contribution in [3.05, 3.63) is 47.5 Å². The SMILES string of the molecule is CCCCc1cc(N=Nc2ccc(S(=O)(=O)O)cc2)cc(CC)c1N. The van der Waals surface area contributed by atoms with Crippen LogP contribution in [0, 0.1) is 0 Å². The van der Waals surface area contributed by atoms with Gasteiger partial charge in [0, 0.05) is 5.69 Å². The number of unbranched alkanes of at least 4 members (excludes halogenated alkanes) is 1. The number of nitrogens with zero attached hydrogens (tertiary/aromatic N) is 2. The Bertz CT molecular complexity index is 860. The van der Waals surface area contributed by atoms with E-state index in [2.05, 4.69) is 17.2 Å². The maximum atomic E-state index is 11.0. The van der Waals surface area contributed by atoms with E-state index in [4.69, 9.17) is 10.3 Å². The van der Waals surface area contributed by atoms with Gasteiger partial charge in [-0.1, -0.05) is 20.3 Å². The zero-order chi connectivity index (χ0) is 18.4. The standard InChI is InChI=1S/C18H23N3O3S/c1-3-5-6-14-12-16(11-13(4-2)18(14)19)21-20-15-7-9-17(10-8-15)25(22,23)24/h7-12H,3-6,19H2,1-2H3,(H,22,23,24). The molecule has 2 rings (SSSR count). The van der Waals surface area contributed by atoms with Crippen molar-refractivity contribution >= 4 is 27.2 Å². The Labute approximate surface area is 148 Å². The number of hydrogen-bond donors (Lipinski definition) is 2. The highest BCUT2D eigenvalue weighted by molar-refractivity contribution is 7.85. The van der Waals surface area contributed by atoms with Gasteiger partial charge in [0.1, 0.15) is 0 Å². The molecule has 2 aromatic carbocycles. The van der Waals surface area contributed by atoms with Crippen LogP contribution in [0.1, 0.15) is 37.8 Å². The minimum Gasteiger partial charge on any atom is -0.398 e. The Hall–Kier alpha value is -2.25. The third-order valence-corrected chi connectivity index (χ3v) is 4.80. The molecule has 7 heteroatoms. The predicted molar refractivity (Wildman–Crippen MR) is 99.3 cm³/mol. The number of rotatable bonds is 7. The van der Waals surface area contributed by atoms with Gasteiger partial charge in [0.2, 0.25) is 0 Å². The van der Waals surface area contributed by atoms with Crippen LogP contribution in [-0.4, -0.2) is 13.0 Å². The number of nitrogen functional groups attached to an aromatic ring is 1. The second-order valence-corrected chi connectivity index (χ2v) is 7.23. The number of hydrogen-bond acceptors (Lipinski definition) is 5. The van der Waals surface area contributed by atoms with E-state index in [1.807, 2.05) is 19.1 Å². The molecule has 6 nitrogen and oxygen atoms in total. The van der Waals surface area contributed by atoms with Gasteiger partial charge in [0.05, 0.1) is 16.3 Å². The van der Waals surface area contributed by atoms with Crippen molar-refractivity contribution in [1.82, 2.24) is 0 Å². The van der Waals surface area contributed by atoms with Crippen molar-refractivity contribution in [2.45, 2.75) is 44.4 Å². The van der Waals surface area contributed by atoms with Crippen molar-refractivity contribution in [2.75, 3.05) is 5.73 Å². The normalized spacial score (nSPS) is 12.0. The maximum Gasteiger partial charge on any atom is 0.294 e. The van der Waals surface area contributed by atoms with E-state index < -0.39 is 10.1 Å². The van der Waals surface area contributed by atoms with Gasteiger partial charge in [-0.25, -0.2) is 0 Å². The van der Waals surface area contributed by atoms with E-state index in [9.17, 15) is 8.42 Å². The minimum atomic E-state index is -4.20. The lowest BCUT2D eigenvalue weighted by Gasteiger charge is -2.11. The summed E-state index contributed by atoms with van der Waals surface area (Å²) in [6.07, 6.45) is 3.87. The number of anilines is 1. The fraction of sp³-hybridized carbons (Fsp3) is 0.333. The number of benzene rings is 2. The Morgan fingerprint density at radius 2 is 1.60 bits per heavy atom. The first-order valence-corrected chi connectivity index (χ1v) is 9.69. The maximum absolute atomic E-state index is 11.0. The van der Waals surface area contributed by atoms with Crippen molar-refractivity contribution in [3.63, 3.8) is 0 Å². The predicted octanol–water partition coefficient (Wildman–Crippen LogP) is 4.84. The third-order valence-electron chi connectivity index (χ3n) is 3.93. The highest BCUT2D eigenvalue weighted by Gasteiger charge is 2.09. The first kappa shape index (κ1) is 19.1. The summed E-state index contributed by atoms with van der Waals surface area (Å²) in [4.78, 5) is -0.172. The van der Waals surface area contributed by atoms with E-state index in [0.29, 0.717) is 5.69 Å². The molecule has 0 unspecified atom stereocenters. The zero-order valence-electron chi connectivity index (χ0n) is 14.4. The van der Waals surface area contributed by atoms with Gasteiger partial charge in [-0.3, -0.25) is 4.55 Å². The molecule has 0 fully saturated rings. The van der Waals surface area contributed by atoms with E-state index in [1.165, 1.54) is 24.3 Å². The van der Waals surface area contributed by atoms with Crippen LogP contribution < -0.4 is 5.73 Å². The quantitative estimate of drug-likeness (QED) is 0.418. The zero-order valence-corrected chi connectivity index (χ0v) is 15.3. The number of azo groups is 1. The summed E-state index contributed by atoms with van der Waals surface area (Å²) in [5, 5.41) is 8.38. The highest BCUT2D eigenvalue weighted by atomic mass is 32.2. The molecule has 0 atom stereocenters. The second-order valence-electron chi connectivity index (χ2n) is 5.80. The first-order chi connectivity index (χ1) is 11.8. The van der Waals surface area contributed by atoms with E-state index in [0.717, 1.165) is 48.2 Å². The Morgan fingerprint density at radius 1 is 1.00 bits per heavy atom. The van der Waals surface area contributed by atoms with E-state index in [-0.39, 0.29) is 4.90 Å². The molecule has 0 heterocycles. The van der Waals surface area contributed by atoms with Crippen LogP contribution in [0.4, 0.5) is 17.1 Å². The van der Waals surface area contributed by atoms with Crippen LogP contribution in [0.25, 0.3) is 0 Å². The molecule has 0 radical (unpaired) electrons. The molecule has 25 heavy (non-hydrogen) atoms. The molecule has 0 aliphatic rings. The molecule has 0 aliphatic heterocycles. The lowest BCUT2D eigenvalue weighted by atomic mass is 10.00. The van der Waals surface area contributed by atoms with Gasteiger partial charge < -0.3 is 5.73 Å². The first-order valence-electron chi connectivity index (χ1n) is 8.25. The molecular weight excluding hydrogens is 338 g/mol. The summed E-state index contributed by atoms with van der Waals surface area (Å²) in [7, 11) is -4.20. The lowest BCUT2D eigenvalue weighted by molar-refractivity contribution is 0.483. The number of aryl methyl sites for hydroxylation is 2. The summed E-state index contributed by atoms with van der Waals surface area (Å²) in [6, 6.07) is 9.42. The molecule has 0 aliphatic carbocycles. The molecule has 0 saturated heterocycles. The van der Waals surface area contributed by atoms with Crippen LogP contribution in [0.2, 0.25) is 0 Å². The van der Waals surface area contributed by atoms with Crippen LogP contribution in [0.3, 0.4) is 0 Å². The summed E-state index contributed by atoms with van der Waals surface area (Å²) < 4.78 is 31.1. The highest BCUT2D eigenvalue weighted by Crippen LogP contribution is 2.28. The summed E-state index contributed by atoms with van der Waals surface area (Å²) in [5.74, 6) is 0. The monoisotopic (exact) mass is 361 g/mol. The van der Waals surface area contributed by atoms with Crippen LogP contribution in [-0.2, 0) is 23.0 Å². The fourth-order valence-corrected chi connectivity index (χ4v) is 2.96. The fourth-order valence-electron chi connectivity index (χ4n) is 2.48. The summed E-state index contributed by atoms with van der Waals surface area (Å²) in [5.41, 5.74) is 10.4. The Morgan fingerprint density at radius 3 is 2.16 bits per heavy atom. The molecule has 0 bridgehead atoms. The van der Waals surface area contributed by atoms with Gasteiger partial charge in [-0.2, -0.15) is 18.6 Å². The molecule has 134 valence electrons.